The van der Waals surface area contributed by atoms with Gasteiger partial charge in [0.25, 0.3) is 5.89 Å². The minimum atomic E-state index is -3.64. The van der Waals surface area contributed by atoms with Gasteiger partial charge in [-0.2, -0.15) is 9.29 Å². The van der Waals surface area contributed by atoms with E-state index in [0.29, 0.717) is 35.7 Å². The SMILES string of the molecule is COc1ccc(S(=O)(=O)N2CCC(C(=O)OCc3nc(-c4cccc(OC)c4)no3)CC2)cc1. The van der Waals surface area contributed by atoms with Gasteiger partial charge in [-0.25, -0.2) is 8.42 Å². The summed E-state index contributed by atoms with van der Waals surface area (Å²) in [6, 6.07) is 13.4. The summed E-state index contributed by atoms with van der Waals surface area (Å²) in [6.45, 7) is 0.309. The summed E-state index contributed by atoms with van der Waals surface area (Å²) in [5.41, 5.74) is 0.714. The van der Waals surface area contributed by atoms with Crippen LogP contribution in [0.5, 0.6) is 11.5 Å². The molecule has 0 unspecified atom stereocenters. The lowest BCUT2D eigenvalue weighted by Crippen LogP contribution is -2.40. The van der Waals surface area contributed by atoms with Crippen LogP contribution in [-0.2, 0) is 26.2 Å². The Kier molecular flexibility index (Phi) is 7.13. The fraction of sp³-hybridized carbons (Fsp3) is 0.348. The highest BCUT2D eigenvalue weighted by Gasteiger charge is 2.33. The molecule has 2 aromatic carbocycles. The molecule has 0 aliphatic carbocycles. The summed E-state index contributed by atoms with van der Waals surface area (Å²) in [5, 5.41) is 3.91. The van der Waals surface area contributed by atoms with Crippen LogP contribution in [0, 0.1) is 5.92 Å². The number of ether oxygens (including phenoxy) is 3. The van der Waals surface area contributed by atoms with Gasteiger partial charge in [-0.1, -0.05) is 17.3 Å². The van der Waals surface area contributed by atoms with E-state index in [0.717, 1.165) is 0 Å². The highest BCUT2D eigenvalue weighted by atomic mass is 32.2. The molecule has 4 rings (SSSR count). The molecular weight excluding hydrogens is 462 g/mol. The fourth-order valence-corrected chi connectivity index (χ4v) is 5.14. The lowest BCUT2D eigenvalue weighted by atomic mass is 9.98. The summed E-state index contributed by atoms with van der Waals surface area (Å²) < 4.78 is 47.9. The Morgan fingerprint density at radius 1 is 1.06 bits per heavy atom. The third-order valence-electron chi connectivity index (χ3n) is 5.62. The number of hydrogen-bond donors (Lipinski definition) is 0. The van der Waals surface area contributed by atoms with Gasteiger partial charge >= 0.3 is 5.97 Å². The first-order chi connectivity index (χ1) is 16.4. The van der Waals surface area contributed by atoms with E-state index >= 15 is 0 Å². The number of sulfonamides is 1. The second kappa shape index (κ2) is 10.2. The number of esters is 1. The van der Waals surface area contributed by atoms with E-state index in [1.165, 1.54) is 23.5 Å². The molecule has 1 saturated heterocycles. The van der Waals surface area contributed by atoms with Crippen LogP contribution in [0.15, 0.2) is 57.9 Å². The lowest BCUT2D eigenvalue weighted by molar-refractivity contribution is -0.152. The smallest absolute Gasteiger partial charge is 0.309 e. The molecule has 11 heteroatoms. The number of hydrogen-bond acceptors (Lipinski definition) is 9. The Morgan fingerprint density at radius 2 is 1.76 bits per heavy atom. The zero-order valence-corrected chi connectivity index (χ0v) is 19.7. The molecule has 1 aliphatic heterocycles. The topological polar surface area (TPSA) is 121 Å². The van der Waals surface area contributed by atoms with E-state index in [4.69, 9.17) is 18.7 Å². The van der Waals surface area contributed by atoms with E-state index < -0.39 is 21.9 Å². The van der Waals surface area contributed by atoms with E-state index in [1.54, 1.807) is 31.4 Å². The second-order valence-corrected chi connectivity index (χ2v) is 9.64. The molecule has 1 aliphatic rings. The molecule has 0 N–H and O–H groups in total. The number of benzene rings is 2. The van der Waals surface area contributed by atoms with Crippen LogP contribution in [0.2, 0.25) is 0 Å². The number of carbonyl (C=O) groups is 1. The van der Waals surface area contributed by atoms with Crippen molar-refractivity contribution in [2.75, 3.05) is 27.3 Å². The molecule has 3 aromatic rings. The summed E-state index contributed by atoms with van der Waals surface area (Å²) in [5.74, 6) is 0.964. The molecule has 0 radical (unpaired) electrons. The average molecular weight is 488 g/mol. The van der Waals surface area contributed by atoms with Crippen molar-refractivity contribution in [2.45, 2.75) is 24.3 Å². The predicted molar refractivity (Wildman–Crippen MR) is 121 cm³/mol. The van der Waals surface area contributed by atoms with Gasteiger partial charge < -0.3 is 18.7 Å². The minimum Gasteiger partial charge on any atom is -0.497 e. The Morgan fingerprint density at radius 3 is 2.44 bits per heavy atom. The van der Waals surface area contributed by atoms with Gasteiger partial charge in [0.2, 0.25) is 15.8 Å². The second-order valence-electron chi connectivity index (χ2n) is 7.71. The maximum Gasteiger partial charge on any atom is 0.309 e. The van der Waals surface area contributed by atoms with Crippen molar-refractivity contribution in [1.82, 2.24) is 14.4 Å². The molecular formula is C23H25N3O7S. The monoisotopic (exact) mass is 487 g/mol. The molecule has 1 aromatic heterocycles. The van der Waals surface area contributed by atoms with Crippen LogP contribution in [0.1, 0.15) is 18.7 Å². The molecule has 0 saturated carbocycles. The van der Waals surface area contributed by atoms with Gasteiger partial charge in [0.15, 0.2) is 6.61 Å². The number of nitrogens with zero attached hydrogens (tertiary/aromatic N) is 3. The van der Waals surface area contributed by atoms with Gasteiger partial charge in [0.05, 0.1) is 25.0 Å². The number of methoxy groups -OCH3 is 2. The van der Waals surface area contributed by atoms with Crippen LogP contribution in [0.4, 0.5) is 0 Å². The zero-order chi connectivity index (χ0) is 24.1. The van der Waals surface area contributed by atoms with Gasteiger partial charge in [-0.05, 0) is 49.2 Å². The Balaban J connectivity index is 1.30. The van der Waals surface area contributed by atoms with Crippen LogP contribution in [-0.4, -0.2) is 56.1 Å². The fourth-order valence-electron chi connectivity index (χ4n) is 3.67. The average Bonchev–Trinajstić information content (AvgIpc) is 3.36. The minimum absolute atomic E-state index is 0.153. The van der Waals surface area contributed by atoms with Gasteiger partial charge in [0.1, 0.15) is 11.5 Å². The van der Waals surface area contributed by atoms with Crippen LogP contribution < -0.4 is 9.47 Å². The van der Waals surface area contributed by atoms with Crippen molar-refractivity contribution < 1.29 is 31.9 Å². The quantitative estimate of drug-likeness (QED) is 0.442. The third kappa shape index (κ3) is 5.20. The molecule has 0 atom stereocenters. The largest absolute Gasteiger partial charge is 0.497 e. The Bertz CT molecular complexity index is 1230. The number of rotatable bonds is 8. The first kappa shape index (κ1) is 23.7. The molecule has 0 spiro atoms. The maximum absolute atomic E-state index is 12.9. The zero-order valence-electron chi connectivity index (χ0n) is 18.8. The summed E-state index contributed by atoms with van der Waals surface area (Å²) in [7, 11) is -0.549. The van der Waals surface area contributed by atoms with E-state index in [9.17, 15) is 13.2 Å². The predicted octanol–water partition coefficient (Wildman–Crippen LogP) is 2.90. The van der Waals surface area contributed by atoms with Crippen molar-refractivity contribution >= 4 is 16.0 Å². The standard InChI is InChI=1S/C23H25N3O7S/c1-30-18-6-8-20(9-7-18)34(28,29)26-12-10-16(11-13-26)23(27)32-15-21-24-22(25-33-21)17-4-3-5-19(14-17)31-2/h3-9,14,16H,10-13,15H2,1-2H3. The highest BCUT2D eigenvalue weighted by molar-refractivity contribution is 7.89. The molecule has 2 heterocycles. The first-order valence-corrected chi connectivity index (χ1v) is 12.1. The maximum atomic E-state index is 12.9. The van der Waals surface area contributed by atoms with Crippen molar-refractivity contribution in [2.24, 2.45) is 5.92 Å². The first-order valence-electron chi connectivity index (χ1n) is 10.7. The Labute approximate surface area is 197 Å². The van der Waals surface area contributed by atoms with Gasteiger partial charge in [0, 0.05) is 18.7 Å². The van der Waals surface area contributed by atoms with Crippen LogP contribution in [0.25, 0.3) is 11.4 Å². The number of piperidine rings is 1. The van der Waals surface area contributed by atoms with Crippen molar-refractivity contribution in [3.8, 4) is 22.9 Å². The molecule has 34 heavy (non-hydrogen) atoms. The number of aromatic nitrogens is 2. The highest BCUT2D eigenvalue weighted by Crippen LogP contribution is 2.26. The summed E-state index contributed by atoms with van der Waals surface area (Å²) in [4.78, 5) is 17.0. The van der Waals surface area contributed by atoms with Gasteiger partial charge in [-0.3, -0.25) is 4.79 Å². The van der Waals surface area contributed by atoms with E-state index in [2.05, 4.69) is 10.1 Å². The van der Waals surface area contributed by atoms with Gasteiger partial charge in [-0.15, -0.1) is 0 Å². The summed E-state index contributed by atoms with van der Waals surface area (Å²) >= 11 is 0. The molecule has 1 fully saturated rings. The molecule has 0 amide bonds. The Hall–Kier alpha value is -3.44. The normalized spacial score (nSPS) is 15.1. The van der Waals surface area contributed by atoms with E-state index in [-0.39, 0.29) is 30.5 Å². The van der Waals surface area contributed by atoms with Crippen molar-refractivity contribution in [1.29, 1.82) is 0 Å². The molecule has 0 bridgehead atoms. The number of carbonyl (C=O) groups excluding carboxylic acids is 1. The summed E-state index contributed by atoms with van der Waals surface area (Å²) in [6.07, 6.45) is 0.736. The van der Waals surface area contributed by atoms with Crippen molar-refractivity contribution in [3.63, 3.8) is 0 Å². The van der Waals surface area contributed by atoms with Crippen LogP contribution in [0.3, 0.4) is 0 Å². The van der Waals surface area contributed by atoms with E-state index in [1.807, 2.05) is 12.1 Å². The molecule has 10 nitrogen and oxygen atoms in total. The van der Waals surface area contributed by atoms with Crippen LogP contribution >= 0.6 is 0 Å². The van der Waals surface area contributed by atoms with Crippen molar-refractivity contribution in [3.05, 3.63) is 54.4 Å². The molecule has 180 valence electrons. The lowest BCUT2D eigenvalue weighted by Gasteiger charge is -2.30. The third-order valence-corrected chi connectivity index (χ3v) is 7.53.